The van der Waals surface area contributed by atoms with Crippen LogP contribution in [0.5, 0.6) is 11.5 Å². The predicted molar refractivity (Wildman–Crippen MR) is 128 cm³/mol. The summed E-state index contributed by atoms with van der Waals surface area (Å²) in [7, 11) is 3.16. The lowest BCUT2D eigenvalue weighted by Crippen LogP contribution is -2.43. The normalized spacial score (nSPS) is 13.2. The number of likely N-dealkylation sites (N-methyl/N-ethyl adjacent to an activating group) is 1. The number of hydrogen-bond donors (Lipinski definition) is 0. The molecule has 0 spiro atoms. The SMILES string of the molecule is CN(C)C(=O)C(C(=O)N(CCc1ccc(C(F)(F)F)cc1)c1ccc2c(c1)OCO2)c1ccccc1. The van der Waals surface area contributed by atoms with Crippen LogP contribution in [0.25, 0.3) is 0 Å². The van der Waals surface area contributed by atoms with E-state index in [4.69, 9.17) is 9.47 Å². The maximum Gasteiger partial charge on any atom is 0.416 e. The first-order valence-electron chi connectivity index (χ1n) is 11.3. The van der Waals surface area contributed by atoms with E-state index in [-0.39, 0.29) is 25.7 Å². The fraction of sp³-hybridized carbons (Fsp3) is 0.259. The molecule has 0 bridgehead atoms. The Morgan fingerprint density at radius 1 is 0.889 bits per heavy atom. The van der Waals surface area contributed by atoms with Crippen LogP contribution in [-0.4, -0.2) is 44.1 Å². The van der Waals surface area contributed by atoms with Gasteiger partial charge in [-0.1, -0.05) is 42.5 Å². The Bertz CT molecular complexity index is 1230. The number of ether oxygens (including phenoxy) is 2. The number of hydrogen-bond acceptors (Lipinski definition) is 4. The van der Waals surface area contributed by atoms with Gasteiger partial charge in [-0.2, -0.15) is 13.2 Å². The summed E-state index contributed by atoms with van der Waals surface area (Å²) in [6.45, 7) is 0.192. The van der Waals surface area contributed by atoms with E-state index < -0.39 is 23.6 Å². The summed E-state index contributed by atoms with van der Waals surface area (Å²) < 4.78 is 49.7. The van der Waals surface area contributed by atoms with Gasteiger partial charge < -0.3 is 19.3 Å². The van der Waals surface area contributed by atoms with E-state index in [1.54, 1.807) is 62.6 Å². The summed E-state index contributed by atoms with van der Waals surface area (Å²) in [5.74, 6) is -0.927. The van der Waals surface area contributed by atoms with Crippen LogP contribution in [0.15, 0.2) is 72.8 Å². The zero-order chi connectivity index (χ0) is 25.9. The Hall–Kier alpha value is -4.01. The molecule has 4 rings (SSSR count). The van der Waals surface area contributed by atoms with E-state index in [1.165, 1.54) is 21.9 Å². The lowest BCUT2D eigenvalue weighted by Gasteiger charge is -2.29. The number of carbonyl (C=O) groups is 2. The zero-order valence-electron chi connectivity index (χ0n) is 19.8. The van der Waals surface area contributed by atoms with Crippen LogP contribution in [0.4, 0.5) is 18.9 Å². The van der Waals surface area contributed by atoms with Gasteiger partial charge in [0.15, 0.2) is 11.5 Å². The minimum absolute atomic E-state index is 0.0596. The number of benzene rings is 3. The van der Waals surface area contributed by atoms with Crippen molar-refractivity contribution in [1.29, 1.82) is 0 Å². The summed E-state index contributed by atoms with van der Waals surface area (Å²) in [4.78, 5) is 29.9. The molecule has 9 heteroatoms. The van der Waals surface area contributed by atoms with Crippen molar-refractivity contribution < 1.29 is 32.2 Å². The molecule has 1 unspecified atom stereocenters. The molecule has 1 aliphatic rings. The number of amides is 2. The highest BCUT2D eigenvalue weighted by molar-refractivity contribution is 6.12. The van der Waals surface area contributed by atoms with Gasteiger partial charge in [0.25, 0.3) is 0 Å². The van der Waals surface area contributed by atoms with Crippen LogP contribution in [-0.2, 0) is 22.2 Å². The maximum atomic E-state index is 14.0. The Morgan fingerprint density at radius 3 is 2.19 bits per heavy atom. The van der Waals surface area contributed by atoms with Gasteiger partial charge in [-0.05, 0) is 41.8 Å². The van der Waals surface area contributed by atoms with Crippen molar-refractivity contribution >= 4 is 17.5 Å². The average molecular weight is 499 g/mol. The smallest absolute Gasteiger partial charge is 0.416 e. The second-order valence-electron chi connectivity index (χ2n) is 8.55. The third-order valence-electron chi connectivity index (χ3n) is 5.91. The van der Waals surface area contributed by atoms with Crippen molar-refractivity contribution in [2.24, 2.45) is 0 Å². The molecule has 1 heterocycles. The van der Waals surface area contributed by atoms with E-state index in [0.717, 1.165) is 12.1 Å². The zero-order valence-corrected chi connectivity index (χ0v) is 19.8. The standard InChI is InChI=1S/C27H25F3N2O4/c1-31(2)25(33)24(19-6-4-3-5-7-19)26(34)32(21-12-13-22-23(16-21)36-17-35-22)15-14-18-8-10-20(11-9-18)27(28,29)30/h3-13,16,24H,14-15,17H2,1-2H3. The molecule has 0 saturated heterocycles. The molecule has 1 aliphatic heterocycles. The lowest BCUT2D eigenvalue weighted by molar-refractivity contribution is -0.138. The van der Waals surface area contributed by atoms with Gasteiger partial charge in [0.05, 0.1) is 5.56 Å². The van der Waals surface area contributed by atoms with Gasteiger partial charge >= 0.3 is 6.18 Å². The van der Waals surface area contributed by atoms with Gasteiger partial charge in [0.1, 0.15) is 5.92 Å². The minimum atomic E-state index is -4.43. The van der Waals surface area contributed by atoms with E-state index in [0.29, 0.717) is 28.3 Å². The van der Waals surface area contributed by atoms with Crippen molar-refractivity contribution in [3.63, 3.8) is 0 Å². The fourth-order valence-corrected chi connectivity index (χ4v) is 3.97. The Labute approximate surface area is 206 Å². The number of nitrogens with zero attached hydrogens (tertiary/aromatic N) is 2. The summed E-state index contributed by atoms with van der Waals surface area (Å²) in [6, 6.07) is 18.6. The topological polar surface area (TPSA) is 59.1 Å². The molecule has 0 fully saturated rings. The molecule has 0 radical (unpaired) electrons. The van der Waals surface area contributed by atoms with E-state index >= 15 is 0 Å². The first-order chi connectivity index (χ1) is 17.1. The molecule has 0 N–H and O–H groups in total. The molecular weight excluding hydrogens is 473 g/mol. The quantitative estimate of drug-likeness (QED) is 0.436. The average Bonchev–Trinajstić information content (AvgIpc) is 3.33. The van der Waals surface area contributed by atoms with E-state index in [2.05, 4.69) is 0 Å². The number of halogens is 3. The van der Waals surface area contributed by atoms with Crippen LogP contribution in [0.2, 0.25) is 0 Å². The van der Waals surface area contributed by atoms with Crippen molar-refractivity contribution in [3.8, 4) is 11.5 Å². The number of rotatable bonds is 7. The number of fused-ring (bicyclic) bond motifs is 1. The molecule has 36 heavy (non-hydrogen) atoms. The van der Waals surface area contributed by atoms with Gasteiger partial charge in [-0.25, -0.2) is 0 Å². The van der Waals surface area contributed by atoms with Crippen LogP contribution >= 0.6 is 0 Å². The van der Waals surface area contributed by atoms with Crippen molar-refractivity contribution in [3.05, 3.63) is 89.5 Å². The molecule has 3 aromatic rings. The molecule has 0 aromatic heterocycles. The van der Waals surface area contributed by atoms with Gasteiger partial charge in [-0.15, -0.1) is 0 Å². The van der Waals surface area contributed by atoms with E-state index in [9.17, 15) is 22.8 Å². The number of anilines is 1. The highest BCUT2D eigenvalue weighted by Gasteiger charge is 2.35. The highest BCUT2D eigenvalue weighted by Crippen LogP contribution is 2.37. The summed E-state index contributed by atoms with van der Waals surface area (Å²) >= 11 is 0. The van der Waals surface area contributed by atoms with Crippen LogP contribution < -0.4 is 14.4 Å². The first-order valence-corrected chi connectivity index (χ1v) is 11.3. The monoisotopic (exact) mass is 498 g/mol. The predicted octanol–water partition coefficient (Wildman–Crippen LogP) is 4.88. The fourth-order valence-electron chi connectivity index (χ4n) is 3.97. The van der Waals surface area contributed by atoms with Crippen LogP contribution in [0.1, 0.15) is 22.6 Å². The Balaban J connectivity index is 1.67. The third-order valence-corrected chi connectivity index (χ3v) is 5.91. The summed E-state index contributed by atoms with van der Waals surface area (Å²) in [6.07, 6.45) is -4.15. The van der Waals surface area contributed by atoms with Gasteiger partial charge in [0.2, 0.25) is 18.6 Å². The molecule has 6 nitrogen and oxygen atoms in total. The van der Waals surface area contributed by atoms with Gasteiger partial charge in [-0.3, -0.25) is 9.59 Å². The lowest BCUT2D eigenvalue weighted by atomic mass is 9.95. The number of carbonyl (C=O) groups excluding carboxylic acids is 2. The minimum Gasteiger partial charge on any atom is -0.454 e. The first kappa shape index (κ1) is 25.1. The molecule has 2 amide bonds. The summed E-state index contributed by atoms with van der Waals surface area (Å²) in [5.41, 5.74) is 0.914. The second kappa shape index (κ2) is 10.3. The van der Waals surface area contributed by atoms with Crippen molar-refractivity contribution in [2.75, 3.05) is 32.3 Å². The van der Waals surface area contributed by atoms with Crippen LogP contribution in [0.3, 0.4) is 0 Å². The third kappa shape index (κ3) is 5.45. The maximum absolute atomic E-state index is 14.0. The molecular formula is C27H25F3N2O4. The summed E-state index contributed by atoms with van der Waals surface area (Å²) in [5, 5.41) is 0. The Morgan fingerprint density at radius 2 is 1.56 bits per heavy atom. The Kier molecular flexibility index (Phi) is 7.19. The molecule has 188 valence electrons. The second-order valence-corrected chi connectivity index (χ2v) is 8.55. The highest BCUT2D eigenvalue weighted by atomic mass is 19.4. The van der Waals surface area contributed by atoms with Crippen molar-refractivity contribution in [1.82, 2.24) is 4.90 Å². The molecule has 0 aliphatic carbocycles. The van der Waals surface area contributed by atoms with Gasteiger partial charge in [0, 0.05) is 32.4 Å². The van der Waals surface area contributed by atoms with Crippen molar-refractivity contribution in [2.45, 2.75) is 18.5 Å². The van der Waals surface area contributed by atoms with Crippen LogP contribution in [0, 0.1) is 0 Å². The molecule has 0 saturated carbocycles. The number of alkyl halides is 3. The molecule has 1 atom stereocenters. The van der Waals surface area contributed by atoms with E-state index in [1.807, 2.05) is 0 Å². The molecule has 3 aromatic carbocycles. The largest absolute Gasteiger partial charge is 0.454 e.